The molecule has 60 valence electrons. The third-order valence-electron chi connectivity index (χ3n) is 1.28. The molecule has 0 aliphatic carbocycles. The average molecular weight is 171 g/mol. The number of hydrogen-bond acceptors (Lipinski definition) is 2. The normalized spacial score (nSPS) is 12.5. The summed E-state index contributed by atoms with van der Waals surface area (Å²) in [4.78, 5) is 0. The minimum absolute atomic E-state index is 0.183. The quantitative estimate of drug-likeness (QED) is 0.701. The molecule has 0 aromatic heterocycles. The topological polar surface area (TPSA) is 12.0 Å². The van der Waals surface area contributed by atoms with Gasteiger partial charge >= 0.3 is 0 Å². The molecule has 0 amide bonds. The van der Waals surface area contributed by atoms with Gasteiger partial charge in [0.05, 0.1) is 12.1 Å². The van der Waals surface area contributed by atoms with Gasteiger partial charge < -0.3 is 5.32 Å². The Hall–Kier alpha value is -0.700. The maximum Gasteiger partial charge on any atom is 0.101 e. The zero-order valence-electron chi connectivity index (χ0n) is 6.25. The number of halogens is 1. The molecule has 0 saturated carbocycles. The number of hydrogen-bond donors (Lipinski definition) is 1. The molecule has 0 saturated heterocycles. The molecule has 0 radical (unpaired) electrons. The third-order valence-corrected chi connectivity index (χ3v) is 1.66. The van der Waals surface area contributed by atoms with Crippen LogP contribution in [0.2, 0.25) is 0 Å². The van der Waals surface area contributed by atoms with Gasteiger partial charge in [0.25, 0.3) is 0 Å². The van der Waals surface area contributed by atoms with E-state index in [4.69, 9.17) is 0 Å². The first-order valence-electron chi connectivity index (χ1n) is 3.42. The molecule has 0 heterocycles. The predicted octanol–water partition coefficient (Wildman–Crippen LogP) is 3.06. The monoisotopic (exact) mass is 171 g/mol. The number of benzene rings is 1. The molecule has 1 rings (SSSR count). The molecule has 1 aromatic rings. The Balaban J connectivity index is 2.51. The first kappa shape index (κ1) is 8.40. The van der Waals surface area contributed by atoms with Gasteiger partial charge in [0.15, 0.2) is 0 Å². The molecule has 0 bridgehead atoms. The number of para-hydroxylation sites is 1. The highest BCUT2D eigenvalue weighted by molar-refractivity contribution is 7.95. The van der Waals surface area contributed by atoms with Crippen molar-refractivity contribution < 1.29 is 3.89 Å². The molecule has 0 aliphatic heterocycles. The SMILES string of the molecule is CC(Nc1ccccc1)SF. The van der Waals surface area contributed by atoms with Crippen LogP contribution in [0.25, 0.3) is 0 Å². The zero-order chi connectivity index (χ0) is 8.10. The summed E-state index contributed by atoms with van der Waals surface area (Å²) in [5.41, 5.74) is 0.949. The van der Waals surface area contributed by atoms with Gasteiger partial charge in [-0.1, -0.05) is 18.2 Å². The molecule has 1 N–H and O–H groups in total. The smallest absolute Gasteiger partial charge is 0.101 e. The summed E-state index contributed by atoms with van der Waals surface area (Å²) in [6.07, 6.45) is 0. The van der Waals surface area contributed by atoms with E-state index in [1.807, 2.05) is 30.3 Å². The maximum absolute atomic E-state index is 11.9. The summed E-state index contributed by atoms with van der Waals surface area (Å²) < 4.78 is 11.9. The van der Waals surface area contributed by atoms with Crippen LogP contribution in [-0.4, -0.2) is 5.37 Å². The van der Waals surface area contributed by atoms with Crippen molar-refractivity contribution in [1.82, 2.24) is 0 Å². The van der Waals surface area contributed by atoms with Gasteiger partial charge in [-0.25, -0.2) is 0 Å². The maximum atomic E-state index is 11.9. The summed E-state index contributed by atoms with van der Waals surface area (Å²) in [5.74, 6) is 0. The van der Waals surface area contributed by atoms with Crippen LogP contribution >= 0.6 is 12.1 Å². The van der Waals surface area contributed by atoms with Gasteiger partial charge in [0, 0.05) is 5.69 Å². The van der Waals surface area contributed by atoms with Crippen molar-refractivity contribution in [2.45, 2.75) is 12.3 Å². The van der Waals surface area contributed by atoms with E-state index in [0.717, 1.165) is 5.69 Å². The Kier molecular flexibility index (Phi) is 3.23. The van der Waals surface area contributed by atoms with Crippen molar-refractivity contribution in [3.8, 4) is 0 Å². The van der Waals surface area contributed by atoms with E-state index in [9.17, 15) is 3.89 Å². The lowest BCUT2D eigenvalue weighted by molar-refractivity contribution is 0.909. The van der Waals surface area contributed by atoms with Crippen LogP contribution in [-0.2, 0) is 0 Å². The average Bonchev–Trinajstić information content (AvgIpc) is 2.06. The van der Waals surface area contributed by atoms with E-state index < -0.39 is 0 Å². The van der Waals surface area contributed by atoms with E-state index in [1.165, 1.54) is 0 Å². The summed E-state index contributed by atoms with van der Waals surface area (Å²) in [5, 5.41) is 2.80. The largest absolute Gasteiger partial charge is 0.371 e. The highest BCUT2D eigenvalue weighted by atomic mass is 32.2. The Morgan fingerprint density at radius 3 is 2.55 bits per heavy atom. The van der Waals surface area contributed by atoms with Gasteiger partial charge in [-0.3, -0.25) is 0 Å². The van der Waals surface area contributed by atoms with Crippen LogP contribution in [0.3, 0.4) is 0 Å². The second kappa shape index (κ2) is 4.23. The molecule has 1 unspecified atom stereocenters. The second-order valence-electron chi connectivity index (χ2n) is 2.24. The molecule has 3 heteroatoms. The van der Waals surface area contributed by atoms with Crippen molar-refractivity contribution in [2.75, 3.05) is 5.32 Å². The van der Waals surface area contributed by atoms with Crippen molar-refractivity contribution in [1.29, 1.82) is 0 Å². The molecule has 1 nitrogen and oxygen atoms in total. The molecule has 0 fully saturated rings. The number of nitrogens with one attached hydrogen (secondary N) is 1. The fraction of sp³-hybridized carbons (Fsp3) is 0.250. The van der Waals surface area contributed by atoms with Crippen LogP contribution in [0.5, 0.6) is 0 Å². The summed E-state index contributed by atoms with van der Waals surface area (Å²) in [6, 6.07) is 9.58. The Morgan fingerprint density at radius 1 is 1.36 bits per heavy atom. The van der Waals surface area contributed by atoms with Gasteiger partial charge in [-0.15, -0.1) is 0 Å². The lowest BCUT2D eigenvalue weighted by Crippen LogP contribution is -2.08. The van der Waals surface area contributed by atoms with Crippen LogP contribution in [0, 0.1) is 0 Å². The summed E-state index contributed by atoms with van der Waals surface area (Å²) in [6.45, 7) is 1.78. The van der Waals surface area contributed by atoms with Crippen molar-refractivity contribution in [3.05, 3.63) is 30.3 Å². The van der Waals surface area contributed by atoms with Gasteiger partial charge in [0.1, 0.15) is 5.37 Å². The molecule has 1 aromatic carbocycles. The van der Waals surface area contributed by atoms with Gasteiger partial charge in [-0.2, -0.15) is 3.89 Å². The fourth-order valence-electron chi connectivity index (χ4n) is 0.791. The highest BCUT2D eigenvalue weighted by Crippen LogP contribution is 2.14. The van der Waals surface area contributed by atoms with Crippen molar-refractivity contribution >= 4 is 17.8 Å². The molecule has 0 aliphatic rings. The van der Waals surface area contributed by atoms with Crippen LogP contribution in [0.4, 0.5) is 9.57 Å². The molecule has 0 spiro atoms. The van der Waals surface area contributed by atoms with E-state index in [1.54, 1.807) is 6.92 Å². The Bertz CT molecular complexity index is 203. The lowest BCUT2D eigenvalue weighted by atomic mass is 10.3. The molecule has 1 atom stereocenters. The zero-order valence-corrected chi connectivity index (χ0v) is 7.07. The minimum Gasteiger partial charge on any atom is -0.371 e. The third kappa shape index (κ3) is 2.80. The second-order valence-corrected chi connectivity index (χ2v) is 3.13. The minimum atomic E-state index is -0.183. The van der Waals surface area contributed by atoms with E-state index in [2.05, 4.69) is 5.32 Å². The first-order valence-corrected chi connectivity index (χ1v) is 4.20. The molecular formula is C8H10FNS. The first-order chi connectivity index (χ1) is 5.33. The Morgan fingerprint density at radius 2 is 2.00 bits per heavy atom. The lowest BCUT2D eigenvalue weighted by Gasteiger charge is -2.08. The highest BCUT2D eigenvalue weighted by Gasteiger charge is 1.99. The van der Waals surface area contributed by atoms with Crippen LogP contribution < -0.4 is 5.32 Å². The van der Waals surface area contributed by atoms with E-state index in [-0.39, 0.29) is 5.37 Å². The number of anilines is 1. The van der Waals surface area contributed by atoms with E-state index in [0.29, 0.717) is 12.1 Å². The standard InChI is InChI=1S/C8H10FNS/c1-7(11-9)10-8-5-3-2-4-6-8/h2-7,10H,1H3. The Labute approximate surface area is 70.3 Å². The van der Waals surface area contributed by atoms with Crippen molar-refractivity contribution in [3.63, 3.8) is 0 Å². The fourth-order valence-corrected chi connectivity index (χ4v) is 0.972. The van der Waals surface area contributed by atoms with E-state index >= 15 is 0 Å². The van der Waals surface area contributed by atoms with Crippen LogP contribution in [0.1, 0.15) is 6.92 Å². The van der Waals surface area contributed by atoms with Gasteiger partial charge in [-0.05, 0) is 19.1 Å². The summed E-state index contributed by atoms with van der Waals surface area (Å²) >= 11 is 0.308. The predicted molar refractivity (Wildman–Crippen MR) is 48.2 cm³/mol. The summed E-state index contributed by atoms with van der Waals surface area (Å²) in [7, 11) is 0. The molecular weight excluding hydrogens is 161 g/mol. The molecule has 11 heavy (non-hydrogen) atoms. The van der Waals surface area contributed by atoms with Crippen molar-refractivity contribution in [2.24, 2.45) is 0 Å². The van der Waals surface area contributed by atoms with Gasteiger partial charge in [0.2, 0.25) is 0 Å². The van der Waals surface area contributed by atoms with Crippen LogP contribution in [0.15, 0.2) is 30.3 Å². The number of rotatable bonds is 3.